The lowest BCUT2D eigenvalue weighted by molar-refractivity contribution is -0.179. The van der Waals surface area contributed by atoms with Crippen molar-refractivity contribution >= 4 is 81.8 Å². The average molecular weight is 674 g/mol. The van der Waals surface area contributed by atoms with Crippen LogP contribution in [0.4, 0.5) is 9.93 Å². The molecule has 242 valence electrons. The standard InChI is InChI=1S/C26H35N5O10S3/c1-23(2,3)39-20(37)25(7,8)41-30-14(13-11-42-21(27-13)29-22(38)40-24(4,5)6)16(33)28-15-17(34)31-12-26(19(35)36,43-10-9-32)44-18(15)31/h9,11,15,18H,10,12H2,1-8H3,(H,28,33)(H,35,36)(H,27,29,38)/b30-14-/t15?,18-,26-/m1/s1. The van der Waals surface area contributed by atoms with Crippen LogP contribution in [-0.4, -0.2) is 101 Å². The number of rotatable bonds is 11. The third kappa shape index (κ3) is 8.41. The number of amides is 3. The Bertz CT molecular complexity index is 1370. The number of carbonyl (C=O) groups excluding carboxylic acids is 5. The first-order valence-corrected chi connectivity index (χ1v) is 16.0. The quantitative estimate of drug-likeness (QED) is 0.102. The molecule has 3 heterocycles. The van der Waals surface area contributed by atoms with Gasteiger partial charge in [-0.25, -0.2) is 19.4 Å². The number of aliphatic carboxylic acids is 1. The molecule has 1 aromatic heterocycles. The summed E-state index contributed by atoms with van der Waals surface area (Å²) in [4.78, 5) is 85.4. The van der Waals surface area contributed by atoms with E-state index < -0.39 is 67.9 Å². The molecule has 0 radical (unpaired) electrons. The maximum atomic E-state index is 13.5. The number of hydrogen-bond acceptors (Lipinski definition) is 14. The Morgan fingerprint density at radius 3 is 2.36 bits per heavy atom. The minimum Gasteiger partial charge on any atom is -0.480 e. The van der Waals surface area contributed by atoms with Crippen LogP contribution >= 0.6 is 34.9 Å². The molecule has 2 aliphatic rings. The van der Waals surface area contributed by atoms with Gasteiger partial charge >= 0.3 is 18.0 Å². The van der Waals surface area contributed by atoms with Gasteiger partial charge in [0.2, 0.25) is 11.5 Å². The molecule has 0 spiro atoms. The Hall–Kier alpha value is -3.38. The monoisotopic (exact) mass is 673 g/mol. The second kappa shape index (κ2) is 12.9. The van der Waals surface area contributed by atoms with Crippen LogP contribution in [0.5, 0.6) is 0 Å². The molecule has 1 aromatic rings. The Morgan fingerprint density at radius 1 is 1.16 bits per heavy atom. The molecule has 44 heavy (non-hydrogen) atoms. The lowest BCUT2D eigenvalue weighted by atomic mass is 10.1. The van der Waals surface area contributed by atoms with E-state index in [1.807, 2.05) is 0 Å². The lowest BCUT2D eigenvalue weighted by Crippen LogP contribution is -2.68. The van der Waals surface area contributed by atoms with Crippen LogP contribution in [0.3, 0.4) is 0 Å². The first-order valence-electron chi connectivity index (χ1n) is 13.2. The maximum absolute atomic E-state index is 13.5. The summed E-state index contributed by atoms with van der Waals surface area (Å²) in [6.45, 7) is 12.7. The Balaban J connectivity index is 1.86. The molecule has 0 saturated carbocycles. The van der Waals surface area contributed by atoms with E-state index in [9.17, 15) is 33.9 Å². The van der Waals surface area contributed by atoms with Gasteiger partial charge in [0.25, 0.3) is 5.91 Å². The summed E-state index contributed by atoms with van der Waals surface area (Å²) in [6, 6.07) is -1.12. The maximum Gasteiger partial charge on any atom is 0.413 e. The summed E-state index contributed by atoms with van der Waals surface area (Å²) in [5.41, 5.74) is -3.73. The SMILES string of the molecule is CC(C)(C)OC(=O)Nc1nc(/C(=N/OC(C)(C)C(=O)OC(C)(C)C)C(=O)NC2C(=O)N3C[C@](SCC=O)(C(=O)O)S[C@H]23)cs1. The first-order chi connectivity index (χ1) is 20.2. The fourth-order valence-electron chi connectivity index (χ4n) is 3.68. The van der Waals surface area contributed by atoms with Crippen molar-refractivity contribution in [1.29, 1.82) is 0 Å². The van der Waals surface area contributed by atoms with Gasteiger partial charge in [-0.3, -0.25) is 14.9 Å². The van der Waals surface area contributed by atoms with Crippen LogP contribution in [0.2, 0.25) is 0 Å². The minimum atomic E-state index is -1.65. The summed E-state index contributed by atoms with van der Waals surface area (Å²) < 4.78 is 9.12. The number of carboxylic acids is 1. The third-order valence-corrected chi connectivity index (χ3v) is 9.58. The molecule has 2 aliphatic heterocycles. The van der Waals surface area contributed by atoms with E-state index in [-0.39, 0.29) is 23.1 Å². The van der Waals surface area contributed by atoms with Gasteiger partial charge in [-0.05, 0) is 55.4 Å². The predicted molar refractivity (Wildman–Crippen MR) is 163 cm³/mol. The van der Waals surface area contributed by atoms with Gasteiger partial charge in [0.05, 0.1) is 12.3 Å². The van der Waals surface area contributed by atoms with Crippen molar-refractivity contribution in [2.45, 2.75) is 87.7 Å². The molecule has 18 heteroatoms. The van der Waals surface area contributed by atoms with E-state index in [0.717, 1.165) is 34.9 Å². The summed E-state index contributed by atoms with van der Waals surface area (Å²) in [6.07, 6.45) is -0.204. The van der Waals surface area contributed by atoms with Crippen LogP contribution in [0.15, 0.2) is 10.5 Å². The van der Waals surface area contributed by atoms with Gasteiger partial charge < -0.3 is 34.4 Å². The Morgan fingerprint density at radius 2 is 1.80 bits per heavy atom. The van der Waals surface area contributed by atoms with Crippen LogP contribution in [0, 0.1) is 0 Å². The number of oxime groups is 1. The molecular weight excluding hydrogens is 639 g/mol. The summed E-state index contributed by atoms with van der Waals surface area (Å²) in [7, 11) is 0. The normalized spacial score (nSPS) is 22.0. The molecule has 1 unspecified atom stereocenters. The van der Waals surface area contributed by atoms with Gasteiger partial charge in [0.1, 0.15) is 34.6 Å². The number of fused-ring (bicyclic) bond motifs is 1. The topological polar surface area (TPSA) is 203 Å². The fourth-order valence-corrected chi connectivity index (χ4v) is 7.16. The lowest BCUT2D eigenvalue weighted by Gasteiger charge is -2.41. The van der Waals surface area contributed by atoms with E-state index in [1.54, 1.807) is 41.5 Å². The molecule has 0 aromatic carbocycles. The Labute approximate surface area is 266 Å². The number of ether oxygens (including phenoxy) is 2. The zero-order chi connectivity index (χ0) is 33.3. The van der Waals surface area contributed by atoms with E-state index in [2.05, 4.69) is 20.8 Å². The van der Waals surface area contributed by atoms with E-state index in [0.29, 0.717) is 6.29 Å². The largest absolute Gasteiger partial charge is 0.480 e. The summed E-state index contributed by atoms with van der Waals surface area (Å²) >= 11 is 2.79. The third-order valence-electron chi connectivity index (χ3n) is 5.65. The van der Waals surface area contributed by atoms with E-state index >= 15 is 0 Å². The number of carbonyl (C=O) groups is 6. The van der Waals surface area contributed by atoms with Crippen molar-refractivity contribution in [3.8, 4) is 0 Å². The highest BCUT2D eigenvalue weighted by atomic mass is 32.2. The van der Waals surface area contributed by atoms with Crippen LogP contribution in [0.1, 0.15) is 61.1 Å². The van der Waals surface area contributed by atoms with Crippen molar-refractivity contribution in [2.24, 2.45) is 5.16 Å². The molecule has 0 bridgehead atoms. The number of thioether (sulfide) groups is 2. The average Bonchev–Trinajstić information content (AvgIpc) is 3.47. The highest BCUT2D eigenvalue weighted by Crippen LogP contribution is 2.52. The first kappa shape index (κ1) is 35.1. The van der Waals surface area contributed by atoms with Gasteiger partial charge in [-0.2, -0.15) is 0 Å². The molecule has 3 N–H and O–H groups in total. The van der Waals surface area contributed by atoms with Crippen LogP contribution in [0.25, 0.3) is 0 Å². The Kier molecular flexibility index (Phi) is 10.3. The fraction of sp³-hybridized carbons (Fsp3) is 0.615. The number of anilines is 1. The van der Waals surface area contributed by atoms with E-state index in [1.165, 1.54) is 24.1 Å². The number of thiazole rings is 1. The zero-order valence-corrected chi connectivity index (χ0v) is 27.9. The molecule has 3 atom stereocenters. The highest BCUT2D eigenvalue weighted by molar-refractivity contribution is 8.20. The van der Waals surface area contributed by atoms with Crippen molar-refractivity contribution in [2.75, 3.05) is 17.6 Å². The van der Waals surface area contributed by atoms with Gasteiger partial charge in [0, 0.05) is 5.38 Å². The van der Waals surface area contributed by atoms with Crippen molar-refractivity contribution in [3.63, 3.8) is 0 Å². The zero-order valence-electron chi connectivity index (χ0n) is 25.4. The molecule has 2 saturated heterocycles. The van der Waals surface area contributed by atoms with Gasteiger partial charge in [-0.1, -0.05) is 5.16 Å². The second-order valence-electron chi connectivity index (χ2n) is 12.2. The molecule has 2 fully saturated rings. The number of esters is 1. The highest BCUT2D eigenvalue weighted by Gasteiger charge is 2.62. The van der Waals surface area contributed by atoms with E-state index in [4.69, 9.17) is 14.3 Å². The van der Waals surface area contributed by atoms with Crippen LogP contribution in [-0.2, 0) is 38.3 Å². The molecule has 0 aliphatic carbocycles. The number of nitrogens with one attached hydrogen (secondary N) is 2. The number of hydrogen-bond donors (Lipinski definition) is 3. The molecule has 3 amide bonds. The van der Waals surface area contributed by atoms with Crippen molar-refractivity contribution in [1.82, 2.24) is 15.2 Å². The predicted octanol–water partition coefficient (Wildman–Crippen LogP) is 2.44. The molecular formula is C26H35N5O10S3. The van der Waals surface area contributed by atoms with Crippen molar-refractivity contribution < 1.29 is 48.2 Å². The number of aldehydes is 1. The molecule has 3 rings (SSSR count). The number of β-lactam (4-membered cyclic amide) rings is 1. The second-order valence-corrected chi connectivity index (χ2v) is 16.0. The van der Waals surface area contributed by atoms with Crippen molar-refractivity contribution in [3.05, 3.63) is 11.1 Å². The smallest absolute Gasteiger partial charge is 0.413 e. The number of aromatic nitrogens is 1. The summed E-state index contributed by atoms with van der Waals surface area (Å²) in [5.74, 6) is -3.48. The number of nitrogens with zero attached hydrogens (tertiary/aromatic N) is 3. The van der Waals surface area contributed by atoms with Crippen LogP contribution < -0.4 is 10.6 Å². The minimum absolute atomic E-state index is 0.0531. The van der Waals surface area contributed by atoms with Gasteiger partial charge in [-0.15, -0.1) is 34.9 Å². The molecule has 15 nitrogen and oxygen atoms in total. The summed E-state index contributed by atoms with van der Waals surface area (Å²) in [5, 5.41) is 19.5. The van der Waals surface area contributed by atoms with Gasteiger partial charge in [0.15, 0.2) is 14.9 Å². The number of carboxylic acid groups (broad SMARTS) is 1.